The van der Waals surface area contributed by atoms with Crippen LogP contribution in [0.4, 0.5) is 13.2 Å². The van der Waals surface area contributed by atoms with E-state index in [0.717, 1.165) is 6.07 Å². The maximum atomic E-state index is 11.9. The molecule has 1 aromatic carbocycles. The summed E-state index contributed by atoms with van der Waals surface area (Å²) < 4.78 is 39.7. The summed E-state index contributed by atoms with van der Waals surface area (Å²) in [6.45, 7) is 1.68. The standard InChI is InChI=1S/C10H8BrF3O2/c1-2-8(15)6-3-4-9(7(11)5-6)16-10(12,13)14/h3-5H,2H2,1H3. The van der Waals surface area contributed by atoms with E-state index in [4.69, 9.17) is 0 Å². The van der Waals surface area contributed by atoms with Crippen molar-refractivity contribution in [2.75, 3.05) is 0 Å². The molecule has 0 spiro atoms. The minimum absolute atomic E-state index is 0.101. The predicted molar refractivity (Wildman–Crippen MR) is 55.4 cm³/mol. The largest absolute Gasteiger partial charge is 0.573 e. The molecule has 0 saturated carbocycles. The van der Waals surface area contributed by atoms with Crippen LogP contribution in [0.15, 0.2) is 22.7 Å². The van der Waals surface area contributed by atoms with Crippen LogP contribution in [0.25, 0.3) is 0 Å². The lowest BCUT2D eigenvalue weighted by atomic mass is 10.1. The van der Waals surface area contributed by atoms with Gasteiger partial charge < -0.3 is 4.74 Å². The van der Waals surface area contributed by atoms with Gasteiger partial charge in [-0.1, -0.05) is 6.92 Å². The number of carbonyl (C=O) groups excluding carboxylic acids is 1. The summed E-state index contributed by atoms with van der Waals surface area (Å²) in [6.07, 6.45) is -4.44. The number of Topliss-reactive ketones (excluding diaryl/α,β-unsaturated/α-hetero) is 1. The van der Waals surface area contributed by atoms with Crippen LogP contribution in [0.2, 0.25) is 0 Å². The van der Waals surface area contributed by atoms with Gasteiger partial charge in [0, 0.05) is 12.0 Å². The smallest absolute Gasteiger partial charge is 0.405 e. The molecule has 0 bridgehead atoms. The van der Waals surface area contributed by atoms with Gasteiger partial charge in [0.1, 0.15) is 5.75 Å². The molecule has 0 fully saturated rings. The first-order chi connectivity index (χ1) is 7.33. The second-order valence-electron chi connectivity index (χ2n) is 2.97. The molecular weight excluding hydrogens is 289 g/mol. The summed E-state index contributed by atoms with van der Waals surface area (Å²) in [5.74, 6) is -0.501. The minimum Gasteiger partial charge on any atom is -0.405 e. The Morgan fingerprint density at radius 2 is 2.06 bits per heavy atom. The molecule has 0 radical (unpaired) electrons. The van der Waals surface area contributed by atoms with Crippen molar-refractivity contribution >= 4 is 21.7 Å². The van der Waals surface area contributed by atoms with E-state index < -0.39 is 6.36 Å². The fraction of sp³-hybridized carbons (Fsp3) is 0.300. The van der Waals surface area contributed by atoms with Crippen LogP contribution >= 0.6 is 15.9 Å². The highest BCUT2D eigenvalue weighted by atomic mass is 79.9. The molecule has 2 nitrogen and oxygen atoms in total. The van der Waals surface area contributed by atoms with Crippen LogP contribution in [0.5, 0.6) is 5.75 Å². The van der Waals surface area contributed by atoms with E-state index in [1.807, 2.05) is 0 Å². The van der Waals surface area contributed by atoms with Gasteiger partial charge in [0.15, 0.2) is 5.78 Å². The molecule has 0 unspecified atom stereocenters. The molecule has 0 aliphatic carbocycles. The molecule has 0 atom stereocenters. The molecule has 0 aliphatic rings. The van der Waals surface area contributed by atoms with Crippen LogP contribution in [-0.4, -0.2) is 12.1 Å². The highest BCUT2D eigenvalue weighted by molar-refractivity contribution is 9.10. The number of hydrogen-bond acceptors (Lipinski definition) is 2. The fourth-order valence-electron chi connectivity index (χ4n) is 1.09. The zero-order valence-electron chi connectivity index (χ0n) is 8.27. The first-order valence-corrected chi connectivity index (χ1v) is 5.21. The summed E-state index contributed by atoms with van der Waals surface area (Å²) in [4.78, 5) is 11.3. The van der Waals surface area contributed by atoms with Gasteiger partial charge in [-0.3, -0.25) is 4.79 Å². The van der Waals surface area contributed by atoms with E-state index in [-0.39, 0.29) is 16.0 Å². The third-order valence-electron chi connectivity index (χ3n) is 1.80. The van der Waals surface area contributed by atoms with Crippen molar-refractivity contribution in [2.24, 2.45) is 0 Å². The minimum atomic E-state index is -4.74. The molecule has 16 heavy (non-hydrogen) atoms. The van der Waals surface area contributed by atoms with E-state index >= 15 is 0 Å². The monoisotopic (exact) mass is 296 g/mol. The Hall–Kier alpha value is -1.04. The van der Waals surface area contributed by atoms with Crippen molar-refractivity contribution in [1.29, 1.82) is 0 Å². The van der Waals surface area contributed by atoms with Crippen LogP contribution < -0.4 is 4.74 Å². The lowest BCUT2D eigenvalue weighted by Gasteiger charge is -2.10. The lowest BCUT2D eigenvalue weighted by molar-refractivity contribution is -0.274. The molecule has 0 N–H and O–H groups in total. The molecule has 0 saturated heterocycles. The van der Waals surface area contributed by atoms with Gasteiger partial charge in [0.2, 0.25) is 0 Å². The number of ketones is 1. The summed E-state index contributed by atoms with van der Waals surface area (Å²) in [6, 6.07) is 3.73. The van der Waals surface area contributed by atoms with E-state index in [0.29, 0.717) is 12.0 Å². The van der Waals surface area contributed by atoms with E-state index in [1.54, 1.807) is 6.92 Å². The zero-order valence-corrected chi connectivity index (χ0v) is 9.85. The molecule has 0 aliphatic heterocycles. The van der Waals surface area contributed by atoms with Gasteiger partial charge in [-0.05, 0) is 34.1 Å². The van der Waals surface area contributed by atoms with Gasteiger partial charge in [-0.2, -0.15) is 0 Å². The third kappa shape index (κ3) is 3.52. The van der Waals surface area contributed by atoms with Crippen molar-refractivity contribution in [3.63, 3.8) is 0 Å². The second-order valence-corrected chi connectivity index (χ2v) is 3.82. The van der Waals surface area contributed by atoms with E-state index in [9.17, 15) is 18.0 Å². The van der Waals surface area contributed by atoms with Gasteiger partial charge in [0.25, 0.3) is 0 Å². The average Bonchev–Trinajstić information content (AvgIpc) is 2.18. The van der Waals surface area contributed by atoms with Gasteiger partial charge >= 0.3 is 6.36 Å². The van der Waals surface area contributed by atoms with Crippen molar-refractivity contribution in [3.05, 3.63) is 28.2 Å². The first kappa shape index (κ1) is 13.0. The Bertz CT molecular complexity index is 402. The summed E-state index contributed by atoms with van der Waals surface area (Å²) in [5.41, 5.74) is 0.351. The number of carbonyl (C=O) groups is 1. The normalized spacial score (nSPS) is 11.3. The molecular formula is C10H8BrF3O2. The molecule has 1 aromatic rings. The maximum absolute atomic E-state index is 11.9. The molecule has 6 heteroatoms. The molecule has 1 rings (SSSR count). The molecule has 0 heterocycles. The Morgan fingerprint density at radius 3 is 2.50 bits per heavy atom. The number of halogens is 4. The van der Waals surface area contributed by atoms with Crippen LogP contribution in [0.1, 0.15) is 23.7 Å². The van der Waals surface area contributed by atoms with E-state index in [2.05, 4.69) is 20.7 Å². The van der Waals surface area contributed by atoms with Crippen LogP contribution in [0, 0.1) is 0 Å². The van der Waals surface area contributed by atoms with Crippen LogP contribution in [-0.2, 0) is 0 Å². The van der Waals surface area contributed by atoms with Crippen molar-refractivity contribution in [3.8, 4) is 5.75 Å². The number of hydrogen-bond donors (Lipinski definition) is 0. The topological polar surface area (TPSA) is 26.3 Å². The Balaban J connectivity index is 2.96. The van der Waals surface area contributed by atoms with Gasteiger partial charge in [-0.15, -0.1) is 13.2 Å². The van der Waals surface area contributed by atoms with Crippen molar-refractivity contribution in [1.82, 2.24) is 0 Å². The molecule has 0 amide bonds. The van der Waals surface area contributed by atoms with E-state index in [1.165, 1.54) is 12.1 Å². The summed E-state index contributed by atoms with van der Waals surface area (Å²) >= 11 is 2.92. The fourth-order valence-corrected chi connectivity index (χ4v) is 1.55. The average molecular weight is 297 g/mol. The first-order valence-electron chi connectivity index (χ1n) is 4.42. The van der Waals surface area contributed by atoms with Crippen molar-refractivity contribution < 1.29 is 22.7 Å². The van der Waals surface area contributed by atoms with Crippen LogP contribution in [0.3, 0.4) is 0 Å². The second kappa shape index (κ2) is 4.86. The SMILES string of the molecule is CCC(=O)c1ccc(OC(F)(F)F)c(Br)c1. The summed E-state index contributed by atoms with van der Waals surface area (Å²) in [5, 5.41) is 0. The Kier molecular flexibility index (Phi) is 3.96. The number of alkyl halides is 3. The Labute approximate surface area is 98.5 Å². The molecule has 0 aromatic heterocycles. The lowest BCUT2D eigenvalue weighted by Crippen LogP contribution is -2.17. The Morgan fingerprint density at radius 1 is 1.44 bits per heavy atom. The number of rotatable bonds is 3. The third-order valence-corrected chi connectivity index (χ3v) is 2.42. The summed E-state index contributed by atoms with van der Waals surface area (Å²) in [7, 11) is 0. The maximum Gasteiger partial charge on any atom is 0.573 e. The number of benzene rings is 1. The molecule has 88 valence electrons. The van der Waals surface area contributed by atoms with Crippen molar-refractivity contribution in [2.45, 2.75) is 19.7 Å². The quantitative estimate of drug-likeness (QED) is 0.790. The highest BCUT2D eigenvalue weighted by Crippen LogP contribution is 2.31. The number of ether oxygens (including phenoxy) is 1. The predicted octanol–water partition coefficient (Wildman–Crippen LogP) is 3.94. The van der Waals surface area contributed by atoms with Gasteiger partial charge in [0.05, 0.1) is 4.47 Å². The zero-order chi connectivity index (χ0) is 12.3. The van der Waals surface area contributed by atoms with Gasteiger partial charge in [-0.25, -0.2) is 0 Å². The highest BCUT2D eigenvalue weighted by Gasteiger charge is 2.32.